The number of ether oxygens (including phenoxy) is 2. The van der Waals surface area contributed by atoms with Crippen LogP contribution in [0.3, 0.4) is 0 Å². The Bertz CT molecular complexity index is 954. The molecule has 1 aromatic heterocycles. The number of hydrogen-bond acceptors (Lipinski definition) is 5. The number of methoxy groups -OCH3 is 2. The van der Waals surface area contributed by atoms with E-state index in [-0.39, 0.29) is 17.7 Å². The molecule has 8 heteroatoms. The van der Waals surface area contributed by atoms with Crippen LogP contribution >= 0.6 is 11.6 Å². The van der Waals surface area contributed by atoms with E-state index in [1.807, 2.05) is 6.07 Å². The number of nitrogens with zero attached hydrogens (tertiary/aromatic N) is 2. The molecule has 1 saturated heterocycles. The molecule has 164 valence electrons. The third-order valence-electron chi connectivity index (χ3n) is 5.30. The second-order valence-electron chi connectivity index (χ2n) is 7.28. The summed E-state index contributed by atoms with van der Waals surface area (Å²) in [5, 5.41) is 3.32. The van der Waals surface area contributed by atoms with Crippen molar-refractivity contribution in [2.24, 2.45) is 5.92 Å². The van der Waals surface area contributed by atoms with Crippen LogP contribution in [0.4, 0.5) is 5.82 Å². The van der Waals surface area contributed by atoms with E-state index < -0.39 is 0 Å². The lowest BCUT2D eigenvalue weighted by Crippen LogP contribution is -2.41. The second-order valence-corrected chi connectivity index (χ2v) is 7.72. The quantitative estimate of drug-likeness (QED) is 0.655. The number of amides is 2. The summed E-state index contributed by atoms with van der Waals surface area (Å²) in [6.07, 6.45) is 4.96. The van der Waals surface area contributed by atoms with Crippen LogP contribution in [-0.2, 0) is 11.2 Å². The summed E-state index contributed by atoms with van der Waals surface area (Å²) in [6.45, 7) is 4.76. The summed E-state index contributed by atoms with van der Waals surface area (Å²) in [6, 6.07) is 6.85. The lowest BCUT2D eigenvalue weighted by molar-refractivity contribution is -0.121. The molecule has 0 atom stereocenters. The van der Waals surface area contributed by atoms with E-state index in [4.69, 9.17) is 21.1 Å². The first-order valence-corrected chi connectivity index (χ1v) is 10.4. The van der Waals surface area contributed by atoms with Crippen LogP contribution in [0, 0.1) is 5.92 Å². The number of nitrogens with one attached hydrogen (secondary N) is 1. The van der Waals surface area contributed by atoms with E-state index in [0.717, 1.165) is 5.56 Å². The number of halogens is 1. The van der Waals surface area contributed by atoms with Crippen molar-refractivity contribution in [3.05, 3.63) is 59.3 Å². The average Bonchev–Trinajstić information content (AvgIpc) is 2.79. The zero-order chi connectivity index (χ0) is 22.4. The molecule has 31 heavy (non-hydrogen) atoms. The van der Waals surface area contributed by atoms with E-state index in [9.17, 15) is 9.59 Å². The Morgan fingerprint density at radius 1 is 1.26 bits per heavy atom. The van der Waals surface area contributed by atoms with Crippen molar-refractivity contribution in [2.45, 2.75) is 19.3 Å². The molecule has 2 amide bonds. The van der Waals surface area contributed by atoms with E-state index in [1.165, 1.54) is 6.20 Å². The molecule has 2 aromatic rings. The third-order valence-corrected chi connectivity index (χ3v) is 5.52. The Labute approximate surface area is 187 Å². The number of carbonyl (C=O) groups is 2. The summed E-state index contributed by atoms with van der Waals surface area (Å²) in [5.41, 5.74) is 1.37. The maximum atomic E-state index is 13.1. The minimum atomic E-state index is -0.178. The van der Waals surface area contributed by atoms with Gasteiger partial charge < -0.3 is 19.7 Å². The molecular formula is C23H26ClN3O4. The molecule has 3 rings (SSSR count). The van der Waals surface area contributed by atoms with Crippen molar-refractivity contribution in [1.82, 2.24) is 9.88 Å². The lowest BCUT2D eigenvalue weighted by Gasteiger charge is -2.31. The number of benzene rings is 1. The van der Waals surface area contributed by atoms with E-state index in [1.54, 1.807) is 43.4 Å². The first-order chi connectivity index (χ1) is 15.0. The van der Waals surface area contributed by atoms with Crippen LogP contribution in [0.25, 0.3) is 0 Å². The fourth-order valence-electron chi connectivity index (χ4n) is 3.68. The first-order valence-electron chi connectivity index (χ1n) is 10.0. The van der Waals surface area contributed by atoms with Gasteiger partial charge in [0.05, 0.1) is 19.2 Å². The second kappa shape index (κ2) is 10.3. The van der Waals surface area contributed by atoms with E-state index in [0.29, 0.717) is 60.3 Å². The number of hydrogen-bond donors (Lipinski definition) is 1. The molecule has 0 unspecified atom stereocenters. The molecule has 1 aromatic carbocycles. The van der Waals surface area contributed by atoms with Gasteiger partial charge in [0.25, 0.3) is 5.91 Å². The summed E-state index contributed by atoms with van der Waals surface area (Å²) in [4.78, 5) is 31.5. The fraction of sp³-hybridized carbons (Fsp3) is 0.348. The number of anilines is 1. The zero-order valence-corrected chi connectivity index (χ0v) is 18.4. The Balaban J connectivity index is 1.65. The number of allylic oxidation sites excluding steroid dienone is 1. The highest BCUT2D eigenvalue weighted by Gasteiger charge is 2.29. The van der Waals surface area contributed by atoms with Crippen molar-refractivity contribution in [2.75, 3.05) is 32.6 Å². The van der Waals surface area contributed by atoms with Gasteiger partial charge in [-0.3, -0.25) is 9.59 Å². The molecule has 2 heterocycles. The molecule has 0 bridgehead atoms. The molecule has 1 aliphatic rings. The number of carbonyl (C=O) groups excluding carboxylic acids is 2. The standard InChI is InChI=1S/C23H26ClN3O4/c1-4-5-16-12-17(13-19(30-2)21(16)31-3)23(29)27-10-8-15(9-11-27)22(28)26-20-7-6-18(24)14-25-20/h4,6-7,12-15H,1,5,8-11H2,2-3H3,(H,25,26,28). The monoisotopic (exact) mass is 443 g/mol. The molecule has 1 N–H and O–H groups in total. The van der Waals surface area contributed by atoms with Crippen LogP contribution in [0.15, 0.2) is 43.1 Å². The minimum absolute atomic E-state index is 0.0931. The summed E-state index contributed by atoms with van der Waals surface area (Å²) >= 11 is 5.82. The number of aromatic nitrogens is 1. The normalized spacial score (nSPS) is 14.1. The number of likely N-dealkylation sites (tertiary alicyclic amines) is 1. The maximum absolute atomic E-state index is 13.1. The summed E-state index contributed by atoms with van der Waals surface area (Å²) in [7, 11) is 3.12. The molecule has 0 spiro atoms. The molecule has 1 fully saturated rings. The van der Waals surface area contributed by atoms with E-state index >= 15 is 0 Å². The Morgan fingerprint density at radius 2 is 2.00 bits per heavy atom. The molecule has 7 nitrogen and oxygen atoms in total. The predicted octanol–water partition coefficient (Wildman–Crippen LogP) is 3.97. The van der Waals surface area contributed by atoms with Crippen LogP contribution in [0.1, 0.15) is 28.8 Å². The molecule has 0 aliphatic carbocycles. The average molecular weight is 444 g/mol. The Morgan fingerprint density at radius 3 is 2.58 bits per heavy atom. The van der Waals surface area contributed by atoms with Gasteiger partial charge in [-0.05, 0) is 43.5 Å². The molecular weight excluding hydrogens is 418 g/mol. The Kier molecular flexibility index (Phi) is 7.52. The van der Waals surface area contributed by atoms with Crippen molar-refractivity contribution in [1.29, 1.82) is 0 Å². The fourth-order valence-corrected chi connectivity index (χ4v) is 3.79. The van der Waals surface area contributed by atoms with Gasteiger partial charge in [0, 0.05) is 36.3 Å². The highest BCUT2D eigenvalue weighted by molar-refractivity contribution is 6.30. The van der Waals surface area contributed by atoms with Gasteiger partial charge in [-0.15, -0.1) is 6.58 Å². The molecule has 1 aliphatic heterocycles. The van der Waals surface area contributed by atoms with Crippen LogP contribution in [0.5, 0.6) is 11.5 Å². The van der Waals surface area contributed by atoms with Crippen molar-refractivity contribution in [3.8, 4) is 11.5 Å². The number of rotatable bonds is 7. The Hall–Kier alpha value is -3.06. The van der Waals surface area contributed by atoms with Gasteiger partial charge in [0.15, 0.2) is 11.5 Å². The van der Waals surface area contributed by atoms with Crippen LogP contribution in [0.2, 0.25) is 5.02 Å². The minimum Gasteiger partial charge on any atom is -0.493 e. The molecule has 0 saturated carbocycles. The van der Waals surface area contributed by atoms with Crippen LogP contribution in [-0.4, -0.2) is 49.0 Å². The van der Waals surface area contributed by atoms with Gasteiger partial charge >= 0.3 is 0 Å². The van der Waals surface area contributed by atoms with Gasteiger partial charge in [0.2, 0.25) is 5.91 Å². The topological polar surface area (TPSA) is 80.8 Å². The number of pyridine rings is 1. The van der Waals surface area contributed by atoms with Crippen LogP contribution < -0.4 is 14.8 Å². The van der Waals surface area contributed by atoms with E-state index in [2.05, 4.69) is 16.9 Å². The summed E-state index contributed by atoms with van der Waals surface area (Å²) < 4.78 is 10.9. The SMILES string of the molecule is C=CCc1cc(C(=O)N2CCC(C(=O)Nc3ccc(Cl)cn3)CC2)cc(OC)c1OC. The largest absolute Gasteiger partial charge is 0.493 e. The van der Waals surface area contributed by atoms with Gasteiger partial charge in [-0.1, -0.05) is 17.7 Å². The number of piperidine rings is 1. The first kappa shape index (κ1) is 22.6. The molecule has 0 radical (unpaired) electrons. The highest BCUT2D eigenvalue weighted by Crippen LogP contribution is 2.34. The maximum Gasteiger partial charge on any atom is 0.254 e. The van der Waals surface area contributed by atoms with Crippen molar-refractivity contribution in [3.63, 3.8) is 0 Å². The zero-order valence-electron chi connectivity index (χ0n) is 17.7. The lowest BCUT2D eigenvalue weighted by atomic mass is 9.95. The smallest absolute Gasteiger partial charge is 0.254 e. The highest BCUT2D eigenvalue weighted by atomic mass is 35.5. The van der Waals surface area contributed by atoms with Gasteiger partial charge in [0.1, 0.15) is 5.82 Å². The predicted molar refractivity (Wildman–Crippen MR) is 120 cm³/mol. The van der Waals surface area contributed by atoms with Crippen molar-refractivity contribution >= 4 is 29.2 Å². The van der Waals surface area contributed by atoms with Gasteiger partial charge in [-0.2, -0.15) is 0 Å². The summed E-state index contributed by atoms with van der Waals surface area (Å²) in [5.74, 6) is 1.21. The third kappa shape index (κ3) is 5.35. The van der Waals surface area contributed by atoms with Gasteiger partial charge in [-0.25, -0.2) is 4.98 Å². The van der Waals surface area contributed by atoms with Crippen molar-refractivity contribution < 1.29 is 19.1 Å².